The van der Waals surface area contributed by atoms with Gasteiger partial charge in [-0.15, -0.1) is 0 Å². The third-order valence-corrected chi connectivity index (χ3v) is 7.55. The van der Waals surface area contributed by atoms with E-state index in [2.05, 4.69) is 65.7 Å². The molecule has 0 amide bonds. The highest BCUT2D eigenvalue weighted by molar-refractivity contribution is 5.14. The first-order valence-electron chi connectivity index (χ1n) is 15.5. The fourth-order valence-corrected chi connectivity index (χ4v) is 5.27. The van der Waals surface area contributed by atoms with Crippen molar-refractivity contribution in [3.63, 3.8) is 0 Å². The second-order valence-electron chi connectivity index (χ2n) is 10.7. The van der Waals surface area contributed by atoms with E-state index >= 15 is 0 Å². The van der Waals surface area contributed by atoms with E-state index in [1.807, 2.05) is 0 Å². The van der Waals surface area contributed by atoms with E-state index in [1.54, 1.807) is 5.82 Å². The Morgan fingerprint density at radius 3 is 1.69 bits per heavy atom. The molecule has 35 heavy (non-hydrogen) atoms. The van der Waals surface area contributed by atoms with Crippen LogP contribution in [0.25, 0.3) is 0 Å². The van der Waals surface area contributed by atoms with Gasteiger partial charge in [-0.05, 0) is 31.2 Å². The number of benzene rings is 1. The minimum atomic E-state index is 1.14. The normalized spacial score (nSPS) is 11.4. The minimum absolute atomic E-state index is 1.14. The quantitative estimate of drug-likeness (QED) is 0.110. The Bertz CT molecular complexity index is 718. The van der Waals surface area contributed by atoms with Crippen LogP contribution in [0.4, 0.5) is 0 Å². The summed E-state index contributed by atoms with van der Waals surface area (Å²) in [5, 5.41) is 0. The summed E-state index contributed by atoms with van der Waals surface area (Å²) in [6.45, 7) is 6.92. The van der Waals surface area contributed by atoms with E-state index in [4.69, 9.17) is 0 Å². The van der Waals surface area contributed by atoms with Crippen molar-refractivity contribution >= 4 is 0 Å². The van der Waals surface area contributed by atoms with Crippen LogP contribution in [0.3, 0.4) is 0 Å². The largest absolute Gasteiger partial charge is 0.256 e. The molecule has 0 fully saturated rings. The number of aryl methyl sites for hydroxylation is 3. The average Bonchev–Trinajstić information content (AvgIpc) is 3.27. The van der Waals surface area contributed by atoms with Crippen molar-refractivity contribution in [2.75, 3.05) is 0 Å². The van der Waals surface area contributed by atoms with E-state index in [0.717, 1.165) is 6.54 Å². The van der Waals surface area contributed by atoms with Gasteiger partial charge in [-0.3, -0.25) is 0 Å². The standard InChI is InChI=1S/C33H57N2/c1-3-5-7-8-9-10-11-12-13-14-15-16-17-18-22-27-33-34(28-6-4-2)30-31-35(33)29-23-26-32-24-20-19-21-25-32/h19-21,24-25,30-31H,3-18,22-23,26-29H2,1-2H3/q+1. The Hall–Kier alpha value is -1.57. The van der Waals surface area contributed by atoms with Crippen LogP contribution in [0.1, 0.15) is 141 Å². The number of hydrogen-bond acceptors (Lipinski definition) is 0. The van der Waals surface area contributed by atoms with Crippen LogP contribution in [0.5, 0.6) is 0 Å². The van der Waals surface area contributed by atoms with Crippen LogP contribution in [0.2, 0.25) is 0 Å². The van der Waals surface area contributed by atoms with Gasteiger partial charge in [0, 0.05) is 6.42 Å². The van der Waals surface area contributed by atoms with Gasteiger partial charge in [0.2, 0.25) is 0 Å². The van der Waals surface area contributed by atoms with Gasteiger partial charge < -0.3 is 0 Å². The number of nitrogens with zero attached hydrogens (tertiary/aromatic N) is 2. The van der Waals surface area contributed by atoms with Crippen LogP contribution in [-0.2, 0) is 25.9 Å². The maximum Gasteiger partial charge on any atom is 0.256 e. The highest BCUT2D eigenvalue weighted by Crippen LogP contribution is 2.14. The van der Waals surface area contributed by atoms with Gasteiger partial charge in [-0.1, -0.05) is 140 Å². The number of aromatic nitrogens is 2. The molecule has 2 rings (SSSR count). The number of imidazole rings is 1. The van der Waals surface area contributed by atoms with Gasteiger partial charge in [0.15, 0.2) is 0 Å². The van der Waals surface area contributed by atoms with E-state index in [-0.39, 0.29) is 0 Å². The lowest BCUT2D eigenvalue weighted by atomic mass is 10.0. The van der Waals surface area contributed by atoms with Crippen LogP contribution in [0.15, 0.2) is 42.7 Å². The molecule has 0 aliphatic heterocycles. The van der Waals surface area contributed by atoms with Crippen molar-refractivity contribution in [1.82, 2.24) is 4.57 Å². The molecule has 0 saturated heterocycles. The lowest BCUT2D eigenvalue weighted by Crippen LogP contribution is -2.37. The fourth-order valence-electron chi connectivity index (χ4n) is 5.27. The third-order valence-electron chi connectivity index (χ3n) is 7.55. The lowest BCUT2D eigenvalue weighted by Gasteiger charge is -2.06. The molecule has 1 aromatic carbocycles. The Kier molecular flexibility index (Phi) is 17.5. The molecule has 0 spiro atoms. The molecular weight excluding hydrogens is 424 g/mol. The summed E-state index contributed by atoms with van der Waals surface area (Å²) >= 11 is 0. The predicted molar refractivity (Wildman–Crippen MR) is 153 cm³/mol. The van der Waals surface area contributed by atoms with Gasteiger partial charge >= 0.3 is 0 Å². The topological polar surface area (TPSA) is 8.81 Å². The molecule has 2 aromatic rings. The molecule has 0 radical (unpaired) electrons. The van der Waals surface area contributed by atoms with Gasteiger partial charge in [0.1, 0.15) is 12.4 Å². The molecule has 1 aromatic heterocycles. The summed E-state index contributed by atoms with van der Waals surface area (Å²) in [7, 11) is 0. The Labute approximate surface area is 218 Å². The molecule has 1 heterocycles. The van der Waals surface area contributed by atoms with E-state index in [0.29, 0.717) is 0 Å². The zero-order valence-electron chi connectivity index (χ0n) is 23.5. The van der Waals surface area contributed by atoms with Crippen LogP contribution >= 0.6 is 0 Å². The van der Waals surface area contributed by atoms with Crippen molar-refractivity contribution in [2.24, 2.45) is 0 Å². The molecule has 0 aliphatic rings. The smallest absolute Gasteiger partial charge is 0.234 e. The zero-order valence-corrected chi connectivity index (χ0v) is 23.5. The minimum Gasteiger partial charge on any atom is -0.234 e. The van der Waals surface area contributed by atoms with E-state index < -0.39 is 0 Å². The van der Waals surface area contributed by atoms with Crippen molar-refractivity contribution < 1.29 is 4.57 Å². The zero-order chi connectivity index (χ0) is 24.8. The van der Waals surface area contributed by atoms with Crippen LogP contribution in [0, 0.1) is 0 Å². The van der Waals surface area contributed by atoms with Crippen molar-refractivity contribution in [3.8, 4) is 0 Å². The Morgan fingerprint density at radius 2 is 1.11 bits per heavy atom. The molecule has 2 heteroatoms. The highest BCUT2D eigenvalue weighted by Gasteiger charge is 2.16. The molecule has 198 valence electrons. The Balaban J connectivity index is 1.56. The second-order valence-corrected chi connectivity index (χ2v) is 10.7. The molecular formula is C33H57N2+. The van der Waals surface area contributed by atoms with Crippen molar-refractivity contribution in [1.29, 1.82) is 0 Å². The summed E-state index contributed by atoms with van der Waals surface area (Å²) < 4.78 is 5.08. The number of hydrogen-bond donors (Lipinski definition) is 0. The molecule has 0 atom stereocenters. The van der Waals surface area contributed by atoms with Crippen molar-refractivity contribution in [2.45, 2.75) is 155 Å². The van der Waals surface area contributed by atoms with Gasteiger partial charge in [0.25, 0.3) is 5.82 Å². The number of unbranched alkanes of at least 4 members (excludes halogenated alkanes) is 15. The summed E-state index contributed by atoms with van der Waals surface area (Å²) in [5.41, 5.74) is 1.46. The van der Waals surface area contributed by atoms with Gasteiger partial charge in [0.05, 0.1) is 13.1 Å². The first-order chi connectivity index (χ1) is 17.3. The fraction of sp³-hybridized carbons (Fsp3) is 0.727. The third kappa shape index (κ3) is 13.9. The molecule has 0 aliphatic carbocycles. The second kappa shape index (κ2) is 20.6. The van der Waals surface area contributed by atoms with Crippen LogP contribution < -0.4 is 4.57 Å². The summed E-state index contributed by atoms with van der Waals surface area (Å²) in [4.78, 5) is 0. The van der Waals surface area contributed by atoms with Gasteiger partial charge in [-0.25, -0.2) is 9.13 Å². The van der Waals surface area contributed by atoms with Crippen LogP contribution in [-0.4, -0.2) is 4.57 Å². The molecule has 0 unspecified atom stereocenters. The first-order valence-corrected chi connectivity index (χ1v) is 15.5. The van der Waals surface area contributed by atoms with E-state index in [9.17, 15) is 0 Å². The molecule has 0 saturated carbocycles. The molecule has 0 bridgehead atoms. The average molecular weight is 482 g/mol. The van der Waals surface area contributed by atoms with E-state index in [1.165, 1.54) is 141 Å². The van der Waals surface area contributed by atoms with Gasteiger partial charge in [-0.2, -0.15) is 0 Å². The predicted octanol–water partition coefficient (Wildman–Crippen LogP) is 9.62. The summed E-state index contributed by atoms with van der Waals surface area (Å²) in [6, 6.07) is 10.9. The Morgan fingerprint density at radius 1 is 0.571 bits per heavy atom. The molecule has 2 nitrogen and oxygen atoms in total. The number of rotatable bonds is 23. The maximum absolute atomic E-state index is 2.54. The monoisotopic (exact) mass is 481 g/mol. The summed E-state index contributed by atoms with van der Waals surface area (Å²) in [5.74, 6) is 1.56. The first kappa shape index (κ1) is 29.7. The lowest BCUT2D eigenvalue weighted by molar-refractivity contribution is -0.704. The maximum atomic E-state index is 2.54. The SMILES string of the molecule is CCCCCCCCCCCCCCCCCc1n(CCCC)cc[n+]1CCCc1ccccc1. The molecule has 0 N–H and O–H groups in total. The summed E-state index contributed by atoms with van der Waals surface area (Å²) in [6.07, 6.45) is 32.4. The van der Waals surface area contributed by atoms with Crippen molar-refractivity contribution in [3.05, 3.63) is 54.1 Å². The highest BCUT2D eigenvalue weighted by atomic mass is 15.1.